The summed E-state index contributed by atoms with van der Waals surface area (Å²) >= 11 is 6.89. The second-order valence-electron chi connectivity index (χ2n) is 4.33. The van der Waals surface area contributed by atoms with E-state index in [1.54, 1.807) is 0 Å². The molecule has 0 fully saturated rings. The van der Waals surface area contributed by atoms with Gasteiger partial charge in [0.25, 0.3) is 0 Å². The molecule has 0 bridgehead atoms. The molecule has 4 heteroatoms. The lowest BCUT2D eigenvalue weighted by atomic mass is 10.0. The standard InChI is InChI=1S/C14H15Br2NO/c1-3-17-13(7-6-12(16)14(17)18)11-5-4-10(15)8-9(11)2/h4-5,7-8,12H,3,6H2,1-2H3. The molecule has 0 spiro atoms. The van der Waals surface area contributed by atoms with E-state index in [0.29, 0.717) is 6.54 Å². The minimum atomic E-state index is -0.0862. The number of carbonyl (C=O) groups excluding carboxylic acids is 1. The first-order valence-electron chi connectivity index (χ1n) is 5.96. The van der Waals surface area contributed by atoms with E-state index in [2.05, 4.69) is 57.0 Å². The normalized spacial score (nSPS) is 20.0. The summed E-state index contributed by atoms with van der Waals surface area (Å²) in [5.41, 5.74) is 3.34. The van der Waals surface area contributed by atoms with Crippen LogP contribution in [0.2, 0.25) is 0 Å². The molecular weight excluding hydrogens is 358 g/mol. The van der Waals surface area contributed by atoms with E-state index in [4.69, 9.17) is 0 Å². The van der Waals surface area contributed by atoms with Gasteiger partial charge >= 0.3 is 0 Å². The highest BCUT2D eigenvalue weighted by molar-refractivity contribution is 9.10. The summed E-state index contributed by atoms with van der Waals surface area (Å²) in [6, 6.07) is 6.16. The minimum absolute atomic E-state index is 0.0862. The van der Waals surface area contributed by atoms with E-state index in [-0.39, 0.29) is 10.7 Å². The van der Waals surface area contributed by atoms with Crippen LogP contribution in [0, 0.1) is 6.92 Å². The number of carbonyl (C=O) groups is 1. The highest BCUT2D eigenvalue weighted by atomic mass is 79.9. The van der Waals surface area contributed by atoms with Crippen molar-refractivity contribution in [1.29, 1.82) is 0 Å². The number of halogens is 2. The first-order chi connectivity index (χ1) is 8.54. The Morgan fingerprint density at radius 3 is 2.78 bits per heavy atom. The third-order valence-corrected chi connectivity index (χ3v) is 4.38. The van der Waals surface area contributed by atoms with E-state index in [0.717, 1.165) is 22.2 Å². The monoisotopic (exact) mass is 371 g/mol. The molecule has 0 radical (unpaired) electrons. The first-order valence-corrected chi connectivity index (χ1v) is 7.67. The number of rotatable bonds is 2. The molecule has 1 aromatic rings. The van der Waals surface area contributed by atoms with Crippen LogP contribution < -0.4 is 0 Å². The maximum Gasteiger partial charge on any atom is 0.241 e. The number of allylic oxidation sites excluding steroid dienone is 1. The minimum Gasteiger partial charge on any atom is -0.311 e. The van der Waals surface area contributed by atoms with Gasteiger partial charge in [-0.2, -0.15) is 0 Å². The average Bonchev–Trinajstić information content (AvgIpc) is 2.33. The number of alkyl halides is 1. The molecule has 1 aliphatic rings. The maximum atomic E-state index is 12.1. The van der Waals surface area contributed by atoms with Gasteiger partial charge in [-0.1, -0.05) is 44.0 Å². The van der Waals surface area contributed by atoms with Crippen molar-refractivity contribution in [3.63, 3.8) is 0 Å². The van der Waals surface area contributed by atoms with Gasteiger partial charge in [-0.3, -0.25) is 4.79 Å². The zero-order valence-corrected chi connectivity index (χ0v) is 13.6. The third-order valence-electron chi connectivity index (χ3n) is 3.12. The Morgan fingerprint density at radius 2 is 2.17 bits per heavy atom. The SMILES string of the molecule is CCN1C(=O)C(Br)CC=C1c1ccc(Br)cc1C. The van der Waals surface area contributed by atoms with Crippen molar-refractivity contribution in [3.05, 3.63) is 39.9 Å². The fourth-order valence-corrected chi connectivity index (χ4v) is 3.12. The van der Waals surface area contributed by atoms with Crippen molar-refractivity contribution in [2.45, 2.75) is 25.1 Å². The van der Waals surface area contributed by atoms with Crippen LogP contribution in [0.4, 0.5) is 0 Å². The smallest absolute Gasteiger partial charge is 0.241 e. The lowest BCUT2D eigenvalue weighted by molar-refractivity contribution is -0.127. The average molecular weight is 373 g/mol. The second kappa shape index (κ2) is 5.57. The van der Waals surface area contributed by atoms with Gasteiger partial charge in [0, 0.05) is 22.3 Å². The van der Waals surface area contributed by atoms with Crippen LogP contribution in [0.25, 0.3) is 5.70 Å². The summed E-state index contributed by atoms with van der Waals surface area (Å²) < 4.78 is 1.06. The number of hydrogen-bond donors (Lipinski definition) is 0. The van der Waals surface area contributed by atoms with Crippen LogP contribution in [-0.2, 0) is 4.79 Å². The second-order valence-corrected chi connectivity index (χ2v) is 6.36. The van der Waals surface area contributed by atoms with Gasteiger partial charge in [-0.15, -0.1) is 0 Å². The van der Waals surface area contributed by atoms with Gasteiger partial charge in [-0.05, 0) is 38.0 Å². The molecule has 1 amide bonds. The summed E-state index contributed by atoms with van der Waals surface area (Å²) in [7, 11) is 0. The third kappa shape index (κ3) is 2.54. The number of benzene rings is 1. The van der Waals surface area contributed by atoms with E-state index >= 15 is 0 Å². The van der Waals surface area contributed by atoms with E-state index in [1.165, 1.54) is 5.56 Å². The number of amides is 1. The van der Waals surface area contributed by atoms with Gasteiger partial charge in [0.15, 0.2) is 0 Å². The fourth-order valence-electron chi connectivity index (χ4n) is 2.21. The van der Waals surface area contributed by atoms with Gasteiger partial charge in [0.05, 0.1) is 4.83 Å². The Kier molecular flexibility index (Phi) is 4.28. The lowest BCUT2D eigenvalue weighted by Crippen LogP contribution is -2.38. The van der Waals surface area contributed by atoms with Crippen LogP contribution in [-0.4, -0.2) is 22.2 Å². The molecule has 1 heterocycles. The topological polar surface area (TPSA) is 20.3 Å². The molecule has 1 aliphatic heterocycles. The lowest BCUT2D eigenvalue weighted by Gasteiger charge is -2.31. The zero-order valence-electron chi connectivity index (χ0n) is 10.4. The largest absolute Gasteiger partial charge is 0.311 e. The molecule has 0 aromatic heterocycles. The zero-order chi connectivity index (χ0) is 13.3. The summed E-state index contributed by atoms with van der Waals surface area (Å²) in [6.45, 7) is 4.77. The number of hydrogen-bond acceptors (Lipinski definition) is 1. The van der Waals surface area contributed by atoms with Gasteiger partial charge < -0.3 is 4.90 Å². The van der Waals surface area contributed by atoms with Crippen LogP contribution in [0.15, 0.2) is 28.7 Å². The predicted octanol–water partition coefficient (Wildman–Crippen LogP) is 4.11. The molecule has 1 atom stereocenters. The fraction of sp³-hybridized carbons (Fsp3) is 0.357. The molecule has 96 valence electrons. The van der Waals surface area contributed by atoms with Gasteiger partial charge in [0.2, 0.25) is 5.91 Å². The van der Waals surface area contributed by atoms with E-state index < -0.39 is 0 Å². The molecule has 0 N–H and O–H groups in total. The predicted molar refractivity (Wildman–Crippen MR) is 81.6 cm³/mol. The summed E-state index contributed by atoms with van der Waals surface area (Å²) in [5, 5.41) is 0. The van der Waals surface area contributed by atoms with Crippen molar-refractivity contribution in [2.75, 3.05) is 6.54 Å². The molecule has 0 saturated heterocycles. The van der Waals surface area contributed by atoms with E-state index in [9.17, 15) is 4.79 Å². The van der Waals surface area contributed by atoms with Crippen molar-refractivity contribution in [3.8, 4) is 0 Å². The van der Waals surface area contributed by atoms with Crippen LogP contribution >= 0.6 is 31.9 Å². The van der Waals surface area contributed by atoms with Crippen molar-refractivity contribution < 1.29 is 4.79 Å². The van der Waals surface area contributed by atoms with Crippen molar-refractivity contribution >= 4 is 43.5 Å². The van der Waals surface area contributed by atoms with E-state index in [1.807, 2.05) is 17.9 Å². The molecular formula is C14H15Br2NO. The molecule has 1 unspecified atom stereocenters. The summed E-state index contributed by atoms with van der Waals surface area (Å²) in [6.07, 6.45) is 2.89. The quantitative estimate of drug-likeness (QED) is 0.715. The Labute approximate surface area is 124 Å². The summed E-state index contributed by atoms with van der Waals surface area (Å²) in [5.74, 6) is 0.150. The van der Waals surface area contributed by atoms with Crippen molar-refractivity contribution in [1.82, 2.24) is 4.90 Å². The molecule has 2 nitrogen and oxygen atoms in total. The van der Waals surface area contributed by atoms with Crippen LogP contribution in [0.5, 0.6) is 0 Å². The molecule has 1 aromatic carbocycles. The molecule has 0 saturated carbocycles. The Morgan fingerprint density at radius 1 is 1.44 bits per heavy atom. The van der Waals surface area contributed by atoms with Gasteiger partial charge in [0.1, 0.15) is 0 Å². The number of aryl methyl sites for hydroxylation is 1. The van der Waals surface area contributed by atoms with Gasteiger partial charge in [-0.25, -0.2) is 0 Å². The Hall–Kier alpha value is -0.610. The molecule has 18 heavy (non-hydrogen) atoms. The molecule has 2 rings (SSSR count). The molecule has 0 aliphatic carbocycles. The first kappa shape index (κ1) is 13.8. The van der Waals surface area contributed by atoms with Crippen LogP contribution in [0.3, 0.4) is 0 Å². The van der Waals surface area contributed by atoms with Crippen molar-refractivity contribution in [2.24, 2.45) is 0 Å². The maximum absolute atomic E-state index is 12.1. The Bertz CT molecular complexity index is 511. The summed E-state index contributed by atoms with van der Waals surface area (Å²) in [4.78, 5) is 13.9. The highest BCUT2D eigenvalue weighted by Gasteiger charge is 2.28. The number of nitrogens with zero attached hydrogens (tertiary/aromatic N) is 1. The Balaban J connectivity index is 2.45. The highest BCUT2D eigenvalue weighted by Crippen LogP contribution is 2.31. The van der Waals surface area contributed by atoms with Crippen LogP contribution in [0.1, 0.15) is 24.5 Å².